The van der Waals surface area contributed by atoms with Crippen molar-refractivity contribution in [1.29, 1.82) is 0 Å². The third-order valence-electron chi connectivity index (χ3n) is 6.88. The second-order valence-electron chi connectivity index (χ2n) is 10.6. The third-order valence-corrected chi connectivity index (χ3v) is 8.15. The summed E-state index contributed by atoms with van der Waals surface area (Å²) in [6.45, 7) is 9.49. The van der Waals surface area contributed by atoms with Crippen molar-refractivity contribution in [1.82, 2.24) is 14.5 Å². The van der Waals surface area contributed by atoms with Crippen LogP contribution in [0.15, 0.2) is 18.2 Å². The monoisotopic (exact) mass is 515 g/mol. The molecule has 11 heteroatoms. The fourth-order valence-corrected chi connectivity index (χ4v) is 5.88. The summed E-state index contributed by atoms with van der Waals surface area (Å²) in [4.78, 5) is 28.1. The average molecular weight is 516 g/mol. The number of carbonyl (C=O) groups is 2. The van der Waals surface area contributed by atoms with Gasteiger partial charge < -0.3 is 15.0 Å². The number of sulfonamides is 1. The normalized spacial score (nSPS) is 24.7. The Morgan fingerprint density at radius 3 is 2.43 bits per heavy atom. The van der Waals surface area contributed by atoms with Gasteiger partial charge in [-0.1, -0.05) is 34.6 Å². The number of nitrogens with one attached hydrogen (secondary N) is 1. The van der Waals surface area contributed by atoms with Crippen LogP contribution >= 0.6 is 0 Å². The number of nitrogens with zero attached hydrogens (tertiary/aromatic N) is 2. The molecule has 2 aliphatic rings. The summed E-state index contributed by atoms with van der Waals surface area (Å²) < 4.78 is 59.4. The molecule has 2 amide bonds. The highest BCUT2D eigenvalue weighted by atomic mass is 32.2. The van der Waals surface area contributed by atoms with Crippen LogP contribution in [-0.2, 0) is 19.6 Å². The number of rotatable bonds is 7. The highest BCUT2D eigenvalue weighted by molar-refractivity contribution is 7.88. The van der Waals surface area contributed by atoms with Gasteiger partial charge in [-0.25, -0.2) is 17.2 Å². The number of amides is 2. The number of hydrogen-bond donors (Lipinski definition) is 1. The lowest BCUT2D eigenvalue weighted by molar-refractivity contribution is -0.142. The summed E-state index contributed by atoms with van der Waals surface area (Å²) in [7, 11) is -3.62. The highest BCUT2D eigenvalue weighted by Crippen LogP contribution is 2.37. The van der Waals surface area contributed by atoms with Crippen LogP contribution in [0, 0.1) is 23.0 Å². The minimum absolute atomic E-state index is 0.0314. The molecule has 1 N–H and O–H groups in total. The van der Waals surface area contributed by atoms with Crippen LogP contribution in [0.4, 0.5) is 8.78 Å². The fraction of sp³-hybridized carbons (Fsp3) is 0.667. The Morgan fingerprint density at radius 2 is 1.89 bits per heavy atom. The van der Waals surface area contributed by atoms with Crippen molar-refractivity contribution >= 4 is 21.8 Å². The number of likely N-dealkylation sites (tertiary alicyclic amines) is 1. The van der Waals surface area contributed by atoms with Crippen LogP contribution in [0.25, 0.3) is 0 Å². The molecule has 0 aliphatic carbocycles. The van der Waals surface area contributed by atoms with Gasteiger partial charge in [-0.05, 0) is 30.4 Å². The third kappa shape index (κ3) is 5.77. The SMILES string of the molecule is CC[C@@H](C)C(=O)N[C@H](C(=O)N1CC[C@@H]2[C@H]1[C@@H](Oc1ccc(F)c(F)c1)CN2S(C)(=O)=O)C(C)(C)C. The molecule has 1 aromatic carbocycles. The first-order valence-electron chi connectivity index (χ1n) is 11.8. The number of ether oxygens (including phenoxy) is 1. The van der Waals surface area contributed by atoms with E-state index in [2.05, 4.69) is 5.32 Å². The van der Waals surface area contributed by atoms with Gasteiger partial charge in [0.05, 0.1) is 24.9 Å². The predicted octanol–water partition coefficient (Wildman–Crippen LogP) is 2.53. The van der Waals surface area contributed by atoms with Gasteiger partial charge in [-0.3, -0.25) is 9.59 Å². The van der Waals surface area contributed by atoms with Gasteiger partial charge in [0.15, 0.2) is 11.6 Å². The smallest absolute Gasteiger partial charge is 0.246 e. The lowest BCUT2D eigenvalue weighted by atomic mass is 9.85. The molecule has 1 aromatic rings. The Balaban J connectivity index is 1.93. The zero-order valence-corrected chi connectivity index (χ0v) is 21.9. The Kier molecular flexibility index (Phi) is 7.81. The first-order chi connectivity index (χ1) is 16.1. The topological polar surface area (TPSA) is 96.0 Å². The van der Waals surface area contributed by atoms with Gasteiger partial charge in [-0.2, -0.15) is 4.31 Å². The van der Waals surface area contributed by atoms with E-state index >= 15 is 0 Å². The number of halogens is 2. The van der Waals surface area contributed by atoms with Crippen LogP contribution in [0.5, 0.6) is 5.75 Å². The van der Waals surface area contributed by atoms with E-state index < -0.39 is 51.3 Å². The molecule has 0 unspecified atom stereocenters. The van der Waals surface area contributed by atoms with Crippen LogP contribution < -0.4 is 10.1 Å². The van der Waals surface area contributed by atoms with Crippen molar-refractivity contribution in [2.24, 2.45) is 11.3 Å². The fourth-order valence-electron chi connectivity index (χ4n) is 4.74. The van der Waals surface area contributed by atoms with Crippen molar-refractivity contribution in [2.45, 2.75) is 71.7 Å². The summed E-state index contributed by atoms with van der Waals surface area (Å²) in [5.41, 5.74) is -0.607. The quantitative estimate of drug-likeness (QED) is 0.602. The average Bonchev–Trinajstić information content (AvgIpc) is 3.33. The lowest BCUT2D eigenvalue weighted by Gasteiger charge is -2.37. The number of hydrogen-bond acceptors (Lipinski definition) is 5. The Labute approximate surface area is 206 Å². The second-order valence-corrected chi connectivity index (χ2v) is 12.5. The standard InChI is InChI=1S/C24H35F2N3O5S/c1-7-14(2)22(30)27-21(24(3,4)5)23(31)28-11-10-18-20(28)19(13-29(18)35(6,32)33)34-15-8-9-16(25)17(26)12-15/h8-9,12,14,18-21H,7,10-11,13H2,1-6H3,(H,27,30)/t14-,18-,19+,20+,21-/m1/s1. The molecule has 0 aromatic heterocycles. The molecule has 0 spiro atoms. The summed E-state index contributed by atoms with van der Waals surface area (Å²) in [6.07, 6.45) is 1.33. The zero-order valence-electron chi connectivity index (χ0n) is 21.0. The van der Waals surface area contributed by atoms with Crippen LogP contribution in [0.3, 0.4) is 0 Å². The molecule has 2 fully saturated rings. The van der Waals surface area contributed by atoms with E-state index in [9.17, 15) is 26.8 Å². The summed E-state index contributed by atoms with van der Waals surface area (Å²) in [5, 5.41) is 2.89. The molecule has 2 heterocycles. The van der Waals surface area contributed by atoms with Gasteiger partial charge in [0, 0.05) is 18.5 Å². The summed E-state index contributed by atoms with van der Waals surface area (Å²) >= 11 is 0. The highest BCUT2D eigenvalue weighted by Gasteiger charge is 2.55. The molecular weight excluding hydrogens is 480 g/mol. The second kappa shape index (κ2) is 10.0. The predicted molar refractivity (Wildman–Crippen MR) is 127 cm³/mol. The Morgan fingerprint density at radius 1 is 1.23 bits per heavy atom. The molecule has 5 atom stereocenters. The molecule has 2 saturated heterocycles. The Bertz CT molecular complexity index is 1080. The van der Waals surface area contributed by atoms with E-state index in [0.717, 1.165) is 18.4 Å². The zero-order chi connectivity index (χ0) is 26.3. The number of carbonyl (C=O) groups excluding carboxylic acids is 2. The van der Waals surface area contributed by atoms with Gasteiger partial charge >= 0.3 is 0 Å². The van der Waals surface area contributed by atoms with Crippen LogP contribution in [0.2, 0.25) is 0 Å². The maximum absolute atomic E-state index is 13.8. The molecule has 0 bridgehead atoms. The van der Waals surface area contributed by atoms with Crippen LogP contribution in [0.1, 0.15) is 47.5 Å². The molecule has 2 aliphatic heterocycles. The number of fused-ring (bicyclic) bond motifs is 1. The molecular formula is C24H35F2N3O5S. The van der Waals surface area contributed by atoms with Crippen LogP contribution in [-0.4, -0.2) is 73.0 Å². The van der Waals surface area contributed by atoms with Crippen molar-refractivity contribution < 1.29 is 31.5 Å². The molecule has 35 heavy (non-hydrogen) atoms. The largest absolute Gasteiger partial charge is 0.487 e. The first kappa shape index (κ1) is 27.3. The van der Waals surface area contributed by atoms with E-state index in [4.69, 9.17) is 4.74 Å². The van der Waals surface area contributed by atoms with Crippen molar-refractivity contribution in [3.05, 3.63) is 29.8 Å². The minimum Gasteiger partial charge on any atom is -0.487 e. The number of benzene rings is 1. The molecule has 8 nitrogen and oxygen atoms in total. The van der Waals surface area contributed by atoms with E-state index in [1.54, 1.807) is 11.8 Å². The van der Waals surface area contributed by atoms with E-state index in [0.29, 0.717) is 12.8 Å². The van der Waals surface area contributed by atoms with E-state index in [1.165, 1.54) is 10.4 Å². The Hall–Kier alpha value is -2.27. The summed E-state index contributed by atoms with van der Waals surface area (Å²) in [5.74, 6) is -2.89. The van der Waals surface area contributed by atoms with Crippen molar-refractivity contribution in [3.8, 4) is 5.75 Å². The van der Waals surface area contributed by atoms with Gasteiger partial charge in [0.1, 0.15) is 17.9 Å². The minimum atomic E-state index is -3.62. The van der Waals surface area contributed by atoms with E-state index in [-0.39, 0.29) is 36.6 Å². The molecule has 0 radical (unpaired) electrons. The molecule has 0 saturated carbocycles. The van der Waals surface area contributed by atoms with Crippen molar-refractivity contribution in [2.75, 3.05) is 19.3 Å². The maximum Gasteiger partial charge on any atom is 0.246 e. The maximum atomic E-state index is 13.8. The summed E-state index contributed by atoms with van der Waals surface area (Å²) in [6, 6.07) is 1.11. The van der Waals surface area contributed by atoms with Gasteiger partial charge in [0.25, 0.3) is 0 Å². The van der Waals surface area contributed by atoms with Gasteiger partial charge in [-0.15, -0.1) is 0 Å². The van der Waals surface area contributed by atoms with Gasteiger partial charge in [0.2, 0.25) is 21.8 Å². The van der Waals surface area contributed by atoms with E-state index in [1.807, 2.05) is 27.7 Å². The first-order valence-corrected chi connectivity index (χ1v) is 13.7. The molecule has 196 valence electrons. The lowest BCUT2D eigenvalue weighted by Crippen LogP contribution is -2.58. The molecule has 3 rings (SSSR count). The van der Waals surface area contributed by atoms with Crippen molar-refractivity contribution in [3.63, 3.8) is 0 Å².